The topological polar surface area (TPSA) is 71.8 Å². The van der Waals surface area contributed by atoms with E-state index in [4.69, 9.17) is 0 Å². The van der Waals surface area contributed by atoms with Crippen LogP contribution in [0.5, 0.6) is 0 Å². The third-order valence-electron chi connectivity index (χ3n) is 1.99. The lowest BCUT2D eigenvalue weighted by molar-refractivity contribution is -0.120. The van der Waals surface area contributed by atoms with Crippen molar-refractivity contribution in [2.75, 3.05) is 6.54 Å². The summed E-state index contributed by atoms with van der Waals surface area (Å²) < 4.78 is 1.73. The molecule has 1 aromatic rings. The standard InChI is InChI=1S/C10H19N5O/c1-8(2)14-10(16)4-12-9(3)5-15-7-11-6-13-15/h6-9,12H,4-5H2,1-3H3,(H,14,16)/t9-/m1/s1. The van der Waals surface area contributed by atoms with Crippen LogP contribution in [-0.4, -0.2) is 39.3 Å². The van der Waals surface area contributed by atoms with Crippen molar-refractivity contribution in [3.63, 3.8) is 0 Å². The van der Waals surface area contributed by atoms with Gasteiger partial charge in [0.1, 0.15) is 12.7 Å². The summed E-state index contributed by atoms with van der Waals surface area (Å²) in [5, 5.41) is 9.94. The van der Waals surface area contributed by atoms with Crippen molar-refractivity contribution in [2.45, 2.75) is 39.4 Å². The molecule has 0 fully saturated rings. The molecule has 2 N–H and O–H groups in total. The number of hydrogen-bond acceptors (Lipinski definition) is 4. The minimum atomic E-state index is 0.0143. The maximum absolute atomic E-state index is 11.4. The molecule has 6 heteroatoms. The largest absolute Gasteiger partial charge is 0.353 e. The maximum atomic E-state index is 11.4. The zero-order valence-electron chi connectivity index (χ0n) is 9.97. The fourth-order valence-corrected chi connectivity index (χ4v) is 1.31. The summed E-state index contributed by atoms with van der Waals surface area (Å²) in [6.07, 6.45) is 3.16. The predicted molar refractivity (Wildman–Crippen MR) is 60.8 cm³/mol. The van der Waals surface area contributed by atoms with Gasteiger partial charge in [-0.1, -0.05) is 0 Å². The van der Waals surface area contributed by atoms with Crippen LogP contribution in [0.25, 0.3) is 0 Å². The van der Waals surface area contributed by atoms with Gasteiger partial charge in [0.15, 0.2) is 0 Å². The molecule has 0 saturated carbocycles. The molecule has 1 aromatic heterocycles. The van der Waals surface area contributed by atoms with Gasteiger partial charge in [0.2, 0.25) is 5.91 Å². The van der Waals surface area contributed by atoms with E-state index in [2.05, 4.69) is 20.7 Å². The van der Waals surface area contributed by atoms with Gasteiger partial charge in [-0.15, -0.1) is 0 Å². The molecule has 0 radical (unpaired) electrons. The lowest BCUT2D eigenvalue weighted by Crippen LogP contribution is -2.41. The molecular formula is C10H19N5O. The molecule has 1 amide bonds. The predicted octanol–water partition coefficient (Wildman–Crippen LogP) is -0.219. The summed E-state index contributed by atoms with van der Waals surface area (Å²) in [5.74, 6) is 0.0143. The van der Waals surface area contributed by atoms with Crippen LogP contribution >= 0.6 is 0 Å². The first-order chi connectivity index (χ1) is 7.58. The molecule has 0 aromatic carbocycles. The first kappa shape index (κ1) is 12.6. The van der Waals surface area contributed by atoms with Crippen molar-refractivity contribution in [3.05, 3.63) is 12.7 Å². The van der Waals surface area contributed by atoms with Crippen molar-refractivity contribution in [3.8, 4) is 0 Å². The van der Waals surface area contributed by atoms with Crippen LogP contribution in [0.4, 0.5) is 0 Å². The van der Waals surface area contributed by atoms with Gasteiger partial charge in [-0.25, -0.2) is 4.98 Å². The first-order valence-electron chi connectivity index (χ1n) is 5.43. The number of nitrogens with one attached hydrogen (secondary N) is 2. The van der Waals surface area contributed by atoms with E-state index in [1.54, 1.807) is 11.0 Å². The molecular weight excluding hydrogens is 206 g/mol. The average Bonchev–Trinajstić information content (AvgIpc) is 2.66. The second kappa shape index (κ2) is 6.22. The number of amides is 1. The van der Waals surface area contributed by atoms with E-state index in [9.17, 15) is 4.79 Å². The molecule has 1 atom stereocenters. The Hall–Kier alpha value is -1.43. The SMILES string of the molecule is CC(C)NC(=O)CN[C@H](C)Cn1cncn1. The number of carbonyl (C=O) groups excluding carboxylic acids is 1. The van der Waals surface area contributed by atoms with E-state index in [0.717, 1.165) is 0 Å². The minimum Gasteiger partial charge on any atom is -0.353 e. The van der Waals surface area contributed by atoms with E-state index in [0.29, 0.717) is 13.1 Å². The molecule has 6 nitrogen and oxygen atoms in total. The molecule has 0 aliphatic heterocycles. The third-order valence-corrected chi connectivity index (χ3v) is 1.99. The van der Waals surface area contributed by atoms with E-state index in [-0.39, 0.29) is 18.0 Å². The van der Waals surface area contributed by atoms with Gasteiger partial charge in [0.25, 0.3) is 0 Å². The molecule has 0 aliphatic rings. The molecule has 1 rings (SSSR count). The summed E-state index contributed by atoms with van der Waals surface area (Å²) in [6.45, 7) is 6.92. The van der Waals surface area contributed by atoms with Crippen LogP contribution in [-0.2, 0) is 11.3 Å². The van der Waals surface area contributed by atoms with E-state index >= 15 is 0 Å². The Morgan fingerprint density at radius 1 is 1.44 bits per heavy atom. The monoisotopic (exact) mass is 225 g/mol. The Bertz CT molecular complexity index is 309. The van der Waals surface area contributed by atoms with Crippen LogP contribution < -0.4 is 10.6 Å². The van der Waals surface area contributed by atoms with E-state index in [1.165, 1.54) is 6.33 Å². The highest BCUT2D eigenvalue weighted by Gasteiger charge is 2.07. The molecule has 16 heavy (non-hydrogen) atoms. The quantitative estimate of drug-likeness (QED) is 0.702. The highest BCUT2D eigenvalue weighted by Crippen LogP contribution is 1.88. The second-order valence-electron chi connectivity index (χ2n) is 4.12. The number of carbonyl (C=O) groups is 1. The van der Waals surface area contributed by atoms with Crippen molar-refractivity contribution in [1.82, 2.24) is 25.4 Å². The van der Waals surface area contributed by atoms with Gasteiger partial charge in [-0.05, 0) is 20.8 Å². The number of hydrogen-bond donors (Lipinski definition) is 2. The van der Waals surface area contributed by atoms with Crippen molar-refractivity contribution < 1.29 is 4.79 Å². The average molecular weight is 225 g/mol. The van der Waals surface area contributed by atoms with Crippen LogP contribution in [0.2, 0.25) is 0 Å². The molecule has 1 heterocycles. The van der Waals surface area contributed by atoms with Gasteiger partial charge >= 0.3 is 0 Å². The second-order valence-corrected chi connectivity index (χ2v) is 4.12. The van der Waals surface area contributed by atoms with E-state index in [1.807, 2.05) is 20.8 Å². The summed E-state index contributed by atoms with van der Waals surface area (Å²) in [7, 11) is 0. The van der Waals surface area contributed by atoms with E-state index < -0.39 is 0 Å². The van der Waals surface area contributed by atoms with Crippen LogP contribution in [0.3, 0.4) is 0 Å². The Morgan fingerprint density at radius 3 is 2.75 bits per heavy atom. The van der Waals surface area contributed by atoms with Crippen molar-refractivity contribution in [1.29, 1.82) is 0 Å². The van der Waals surface area contributed by atoms with Gasteiger partial charge < -0.3 is 10.6 Å². The fraction of sp³-hybridized carbons (Fsp3) is 0.700. The highest BCUT2D eigenvalue weighted by atomic mass is 16.1. The Balaban J connectivity index is 2.20. The molecule has 0 spiro atoms. The van der Waals surface area contributed by atoms with Crippen LogP contribution in [0, 0.1) is 0 Å². The Labute approximate surface area is 95.4 Å². The van der Waals surface area contributed by atoms with Crippen molar-refractivity contribution >= 4 is 5.91 Å². The highest BCUT2D eigenvalue weighted by molar-refractivity contribution is 5.78. The zero-order chi connectivity index (χ0) is 12.0. The number of aromatic nitrogens is 3. The molecule has 0 aliphatic carbocycles. The minimum absolute atomic E-state index is 0.0143. The smallest absolute Gasteiger partial charge is 0.234 e. The molecule has 0 bridgehead atoms. The zero-order valence-corrected chi connectivity index (χ0v) is 9.97. The summed E-state index contributed by atoms with van der Waals surface area (Å²) in [5.41, 5.74) is 0. The first-order valence-corrected chi connectivity index (χ1v) is 5.43. The summed E-state index contributed by atoms with van der Waals surface area (Å²) in [4.78, 5) is 15.2. The molecule has 0 unspecified atom stereocenters. The summed E-state index contributed by atoms with van der Waals surface area (Å²) in [6, 6.07) is 0.361. The lowest BCUT2D eigenvalue weighted by atomic mass is 10.3. The normalized spacial score (nSPS) is 12.8. The van der Waals surface area contributed by atoms with Crippen LogP contribution in [0.1, 0.15) is 20.8 Å². The van der Waals surface area contributed by atoms with Gasteiger partial charge in [0.05, 0.1) is 13.1 Å². The fourth-order valence-electron chi connectivity index (χ4n) is 1.31. The lowest BCUT2D eigenvalue weighted by Gasteiger charge is -2.14. The number of nitrogens with zero attached hydrogens (tertiary/aromatic N) is 3. The van der Waals surface area contributed by atoms with Crippen molar-refractivity contribution in [2.24, 2.45) is 0 Å². The summed E-state index contributed by atoms with van der Waals surface area (Å²) >= 11 is 0. The van der Waals surface area contributed by atoms with Gasteiger partial charge in [-0.3, -0.25) is 9.48 Å². The molecule has 90 valence electrons. The Morgan fingerprint density at radius 2 is 2.19 bits per heavy atom. The van der Waals surface area contributed by atoms with Crippen LogP contribution in [0.15, 0.2) is 12.7 Å². The third kappa shape index (κ3) is 4.88. The number of rotatable bonds is 6. The Kier molecular flexibility index (Phi) is 4.91. The van der Waals surface area contributed by atoms with Gasteiger partial charge in [0, 0.05) is 12.1 Å². The van der Waals surface area contributed by atoms with Gasteiger partial charge in [-0.2, -0.15) is 5.10 Å². The molecule has 0 saturated heterocycles. The maximum Gasteiger partial charge on any atom is 0.234 e.